The maximum absolute atomic E-state index is 12.6. The van der Waals surface area contributed by atoms with Gasteiger partial charge < -0.3 is 14.4 Å². The number of rotatable bonds is 8. The molecule has 6 nitrogen and oxygen atoms in total. The first-order valence-electron chi connectivity index (χ1n) is 11.6. The summed E-state index contributed by atoms with van der Waals surface area (Å²) >= 11 is 0. The van der Waals surface area contributed by atoms with Crippen molar-refractivity contribution in [1.29, 1.82) is 0 Å². The van der Waals surface area contributed by atoms with Gasteiger partial charge in [0.1, 0.15) is 6.10 Å². The number of hydrogen-bond acceptors (Lipinski definition) is 4. The second-order valence-corrected chi connectivity index (χ2v) is 8.62. The molecular weight excluding hydrogens is 404 g/mol. The molecule has 2 aliphatic rings. The van der Waals surface area contributed by atoms with Crippen molar-refractivity contribution in [2.45, 2.75) is 57.4 Å². The molecule has 2 aromatic carbocycles. The van der Waals surface area contributed by atoms with E-state index in [1.165, 1.54) is 0 Å². The van der Waals surface area contributed by atoms with Crippen LogP contribution in [-0.4, -0.2) is 53.6 Å². The van der Waals surface area contributed by atoms with Crippen molar-refractivity contribution in [2.24, 2.45) is 0 Å². The molecule has 0 aromatic heterocycles. The second kappa shape index (κ2) is 10.6. The predicted molar refractivity (Wildman–Crippen MR) is 122 cm³/mol. The fourth-order valence-corrected chi connectivity index (χ4v) is 4.69. The molecule has 0 N–H and O–H groups in total. The highest BCUT2D eigenvalue weighted by Crippen LogP contribution is 2.35. The first kappa shape index (κ1) is 22.3. The molecule has 0 bridgehead atoms. The van der Waals surface area contributed by atoms with Crippen LogP contribution in [0.5, 0.6) is 0 Å². The highest BCUT2D eigenvalue weighted by atomic mass is 16.6. The van der Waals surface area contributed by atoms with Gasteiger partial charge in [0.05, 0.1) is 12.6 Å². The Morgan fingerprint density at radius 2 is 1.69 bits per heavy atom. The number of benzene rings is 2. The number of ether oxygens (including phenoxy) is 2. The zero-order valence-electron chi connectivity index (χ0n) is 18.7. The Morgan fingerprint density at radius 3 is 2.38 bits per heavy atom. The van der Waals surface area contributed by atoms with Crippen molar-refractivity contribution in [3.05, 3.63) is 71.8 Å². The summed E-state index contributed by atoms with van der Waals surface area (Å²) in [5.41, 5.74) is 2.17. The van der Waals surface area contributed by atoms with Gasteiger partial charge in [-0.25, -0.2) is 4.79 Å². The Bertz CT molecular complexity index is 881. The summed E-state index contributed by atoms with van der Waals surface area (Å²) in [4.78, 5) is 29.0. The van der Waals surface area contributed by atoms with Gasteiger partial charge in [-0.05, 0) is 37.3 Å². The SMILES string of the molecule is CC1C(c2ccccc2)OC(=O)N1C1CCN(C(=O)CCCOCc2ccccc2)CC1. The summed E-state index contributed by atoms with van der Waals surface area (Å²) in [5.74, 6) is 0.172. The van der Waals surface area contributed by atoms with Gasteiger partial charge >= 0.3 is 6.09 Å². The van der Waals surface area contributed by atoms with Crippen LogP contribution in [0.3, 0.4) is 0 Å². The van der Waals surface area contributed by atoms with E-state index in [2.05, 4.69) is 6.92 Å². The van der Waals surface area contributed by atoms with Crippen LogP contribution in [0, 0.1) is 0 Å². The quantitative estimate of drug-likeness (QED) is 0.570. The van der Waals surface area contributed by atoms with Gasteiger partial charge in [-0.1, -0.05) is 60.7 Å². The number of cyclic esters (lactones) is 1. The topological polar surface area (TPSA) is 59.1 Å². The molecule has 4 rings (SSSR count). The third-order valence-corrected chi connectivity index (χ3v) is 6.45. The third kappa shape index (κ3) is 5.30. The fraction of sp³-hybridized carbons (Fsp3) is 0.462. The molecule has 2 aliphatic heterocycles. The Kier molecular flexibility index (Phi) is 7.43. The minimum atomic E-state index is -0.244. The Hall–Kier alpha value is -2.86. The van der Waals surface area contributed by atoms with Gasteiger partial charge in [0.15, 0.2) is 0 Å². The lowest BCUT2D eigenvalue weighted by molar-refractivity contribution is -0.133. The fourth-order valence-electron chi connectivity index (χ4n) is 4.69. The largest absolute Gasteiger partial charge is 0.439 e. The van der Waals surface area contributed by atoms with E-state index in [4.69, 9.17) is 9.47 Å². The lowest BCUT2D eigenvalue weighted by Gasteiger charge is -2.37. The number of hydrogen-bond donors (Lipinski definition) is 0. The number of amides is 2. The molecule has 32 heavy (non-hydrogen) atoms. The van der Waals surface area contributed by atoms with Crippen LogP contribution in [0.2, 0.25) is 0 Å². The van der Waals surface area contributed by atoms with Gasteiger partial charge in [0.25, 0.3) is 0 Å². The van der Waals surface area contributed by atoms with Crippen LogP contribution in [0.1, 0.15) is 49.8 Å². The van der Waals surface area contributed by atoms with E-state index in [0.717, 1.165) is 30.4 Å². The molecule has 2 amide bonds. The molecule has 2 saturated heterocycles. The molecule has 0 spiro atoms. The standard InChI is InChI=1S/C26H32N2O4/c1-20-25(22-11-6-3-7-12-22)32-26(30)28(20)23-14-16-27(17-15-23)24(29)13-8-18-31-19-21-9-4-2-5-10-21/h2-7,9-12,20,23,25H,8,13-19H2,1H3. The summed E-state index contributed by atoms with van der Waals surface area (Å²) in [7, 11) is 0. The Morgan fingerprint density at radius 1 is 1.03 bits per heavy atom. The molecule has 2 aromatic rings. The summed E-state index contributed by atoms with van der Waals surface area (Å²) in [6, 6.07) is 20.1. The molecule has 0 saturated carbocycles. The van der Waals surface area contributed by atoms with Crippen molar-refractivity contribution >= 4 is 12.0 Å². The minimum absolute atomic E-state index is 0.0149. The number of piperidine rings is 1. The van der Waals surface area contributed by atoms with Crippen molar-refractivity contribution < 1.29 is 19.1 Å². The highest BCUT2D eigenvalue weighted by Gasteiger charge is 2.44. The first-order chi connectivity index (χ1) is 15.6. The average molecular weight is 437 g/mol. The summed E-state index contributed by atoms with van der Waals surface area (Å²) in [5, 5.41) is 0. The Balaban J connectivity index is 1.19. The highest BCUT2D eigenvalue weighted by molar-refractivity contribution is 5.76. The van der Waals surface area contributed by atoms with Gasteiger partial charge in [-0.15, -0.1) is 0 Å². The zero-order chi connectivity index (χ0) is 22.3. The van der Waals surface area contributed by atoms with E-state index in [9.17, 15) is 9.59 Å². The second-order valence-electron chi connectivity index (χ2n) is 8.62. The van der Waals surface area contributed by atoms with E-state index in [0.29, 0.717) is 32.7 Å². The molecule has 2 fully saturated rings. The molecular formula is C26H32N2O4. The summed E-state index contributed by atoms with van der Waals surface area (Å²) < 4.78 is 11.4. The number of carbonyl (C=O) groups is 2. The molecule has 0 aliphatic carbocycles. The zero-order valence-corrected chi connectivity index (χ0v) is 18.7. The van der Waals surface area contributed by atoms with E-state index in [-0.39, 0.29) is 30.2 Å². The minimum Gasteiger partial charge on any atom is -0.439 e. The molecule has 2 heterocycles. The average Bonchev–Trinajstić information content (AvgIpc) is 3.14. The maximum Gasteiger partial charge on any atom is 0.411 e. The van der Waals surface area contributed by atoms with Crippen LogP contribution in [-0.2, 0) is 20.9 Å². The number of likely N-dealkylation sites (tertiary alicyclic amines) is 1. The van der Waals surface area contributed by atoms with Crippen molar-refractivity contribution in [2.75, 3.05) is 19.7 Å². The van der Waals surface area contributed by atoms with Crippen molar-refractivity contribution in [3.8, 4) is 0 Å². The maximum atomic E-state index is 12.6. The van der Waals surface area contributed by atoms with Gasteiger partial charge in [-0.3, -0.25) is 9.69 Å². The van der Waals surface area contributed by atoms with Crippen LogP contribution in [0.15, 0.2) is 60.7 Å². The van der Waals surface area contributed by atoms with E-state index in [1.54, 1.807) is 0 Å². The van der Waals surface area contributed by atoms with Crippen molar-refractivity contribution in [1.82, 2.24) is 9.80 Å². The molecule has 170 valence electrons. The van der Waals surface area contributed by atoms with Crippen LogP contribution < -0.4 is 0 Å². The van der Waals surface area contributed by atoms with E-state index in [1.807, 2.05) is 70.5 Å². The lowest BCUT2D eigenvalue weighted by atomic mass is 9.98. The van der Waals surface area contributed by atoms with E-state index < -0.39 is 0 Å². The lowest BCUT2D eigenvalue weighted by Crippen LogP contribution is -2.49. The summed E-state index contributed by atoms with van der Waals surface area (Å²) in [6.45, 7) is 4.57. The van der Waals surface area contributed by atoms with Crippen LogP contribution >= 0.6 is 0 Å². The normalized spacial score (nSPS) is 21.6. The van der Waals surface area contributed by atoms with Crippen LogP contribution in [0.4, 0.5) is 4.79 Å². The summed E-state index contributed by atoms with van der Waals surface area (Å²) in [6.07, 6.45) is 2.32. The van der Waals surface area contributed by atoms with Gasteiger partial charge in [0, 0.05) is 32.2 Å². The van der Waals surface area contributed by atoms with Gasteiger partial charge in [-0.2, -0.15) is 0 Å². The number of nitrogens with zero attached hydrogens (tertiary/aromatic N) is 2. The Labute approximate surface area is 190 Å². The monoisotopic (exact) mass is 436 g/mol. The predicted octanol–water partition coefficient (Wildman–Crippen LogP) is 4.56. The molecule has 0 radical (unpaired) electrons. The van der Waals surface area contributed by atoms with Crippen LogP contribution in [0.25, 0.3) is 0 Å². The molecule has 2 unspecified atom stereocenters. The third-order valence-electron chi connectivity index (χ3n) is 6.45. The number of carbonyl (C=O) groups excluding carboxylic acids is 2. The van der Waals surface area contributed by atoms with Gasteiger partial charge in [0.2, 0.25) is 5.91 Å². The van der Waals surface area contributed by atoms with E-state index >= 15 is 0 Å². The molecule has 2 atom stereocenters. The smallest absolute Gasteiger partial charge is 0.411 e. The van der Waals surface area contributed by atoms with Crippen molar-refractivity contribution in [3.63, 3.8) is 0 Å². The first-order valence-corrected chi connectivity index (χ1v) is 11.6. The molecule has 6 heteroatoms.